The maximum atomic E-state index is 12.4. The smallest absolute Gasteiger partial charge is 0.317 e. The number of nitrogens with one attached hydrogen (secondary N) is 2. The molecule has 0 aliphatic carbocycles. The van der Waals surface area contributed by atoms with E-state index in [1.807, 2.05) is 29.2 Å². The van der Waals surface area contributed by atoms with E-state index in [2.05, 4.69) is 51.4 Å². The third kappa shape index (κ3) is 4.05. The number of piperazine rings is 1. The van der Waals surface area contributed by atoms with Crippen LogP contribution in [0.2, 0.25) is 0 Å². The molecule has 2 N–H and O–H groups in total. The number of nitrogens with zero attached hydrogens (tertiary/aromatic N) is 3. The first-order valence-electron chi connectivity index (χ1n) is 9.47. The molecule has 0 saturated carbocycles. The number of rotatable bonds is 4. The lowest BCUT2D eigenvalue weighted by Crippen LogP contribution is -2.52. The molecule has 6 nitrogen and oxygen atoms in total. The standard InChI is InChI=1S/C21H25N5O/c1-16-7-8-18-19(15-16)24-20(23-18)25-11-13-26(14-12-25)21(27)22-10-9-17-5-3-2-4-6-17/h2-8,15H,9-14H2,1H3,(H,22,27)(H,23,24). The lowest BCUT2D eigenvalue weighted by atomic mass is 10.1. The average Bonchev–Trinajstić information content (AvgIpc) is 3.12. The fourth-order valence-corrected chi connectivity index (χ4v) is 3.45. The van der Waals surface area contributed by atoms with Gasteiger partial charge in [-0.25, -0.2) is 9.78 Å². The second-order valence-corrected chi connectivity index (χ2v) is 7.02. The van der Waals surface area contributed by atoms with Gasteiger partial charge in [-0.3, -0.25) is 0 Å². The van der Waals surface area contributed by atoms with Gasteiger partial charge in [-0.2, -0.15) is 0 Å². The highest BCUT2D eigenvalue weighted by Crippen LogP contribution is 2.19. The Morgan fingerprint density at radius 2 is 1.89 bits per heavy atom. The molecule has 1 aromatic heterocycles. The Morgan fingerprint density at radius 3 is 2.67 bits per heavy atom. The van der Waals surface area contributed by atoms with Crippen molar-refractivity contribution in [2.45, 2.75) is 13.3 Å². The van der Waals surface area contributed by atoms with Crippen LogP contribution in [0.5, 0.6) is 0 Å². The number of amides is 2. The molecule has 27 heavy (non-hydrogen) atoms. The fraction of sp³-hybridized carbons (Fsp3) is 0.333. The van der Waals surface area contributed by atoms with Crippen molar-refractivity contribution < 1.29 is 4.79 Å². The maximum Gasteiger partial charge on any atom is 0.317 e. The van der Waals surface area contributed by atoms with Gasteiger partial charge >= 0.3 is 6.03 Å². The number of aromatic nitrogens is 2. The number of hydrogen-bond acceptors (Lipinski definition) is 3. The quantitative estimate of drug-likeness (QED) is 0.749. The summed E-state index contributed by atoms with van der Waals surface area (Å²) in [6.07, 6.45) is 0.852. The molecule has 0 bridgehead atoms. The van der Waals surface area contributed by atoms with Gasteiger partial charge in [-0.1, -0.05) is 36.4 Å². The first-order chi connectivity index (χ1) is 13.2. The highest BCUT2D eigenvalue weighted by Gasteiger charge is 2.22. The minimum Gasteiger partial charge on any atom is -0.339 e. The number of carbonyl (C=O) groups excluding carboxylic acids is 1. The number of hydrogen-bond donors (Lipinski definition) is 2. The number of anilines is 1. The van der Waals surface area contributed by atoms with Crippen molar-refractivity contribution in [3.05, 3.63) is 59.7 Å². The SMILES string of the molecule is Cc1ccc2nc(N3CCN(C(=O)NCCc4ccccc4)CC3)[nH]c2c1. The fourth-order valence-electron chi connectivity index (χ4n) is 3.45. The van der Waals surface area contributed by atoms with Crippen LogP contribution in [0, 0.1) is 6.92 Å². The zero-order valence-electron chi connectivity index (χ0n) is 15.6. The van der Waals surface area contributed by atoms with Crippen molar-refractivity contribution in [2.24, 2.45) is 0 Å². The van der Waals surface area contributed by atoms with Gasteiger partial charge in [0.2, 0.25) is 5.95 Å². The minimum absolute atomic E-state index is 0.0193. The number of carbonyl (C=O) groups is 1. The average molecular weight is 363 g/mol. The number of urea groups is 1. The first kappa shape index (κ1) is 17.4. The third-order valence-electron chi connectivity index (χ3n) is 5.02. The molecule has 0 atom stereocenters. The van der Waals surface area contributed by atoms with Crippen molar-refractivity contribution in [3.63, 3.8) is 0 Å². The molecule has 1 fully saturated rings. The molecule has 2 aromatic carbocycles. The topological polar surface area (TPSA) is 64.3 Å². The molecule has 0 radical (unpaired) electrons. The summed E-state index contributed by atoms with van der Waals surface area (Å²) in [5, 5.41) is 3.03. The molecule has 3 aromatic rings. The van der Waals surface area contributed by atoms with Gasteiger partial charge in [-0.05, 0) is 36.6 Å². The largest absolute Gasteiger partial charge is 0.339 e. The number of benzene rings is 2. The predicted molar refractivity (Wildman–Crippen MR) is 108 cm³/mol. The molecule has 0 spiro atoms. The monoisotopic (exact) mass is 363 g/mol. The van der Waals surface area contributed by atoms with E-state index in [1.54, 1.807) is 0 Å². The molecule has 140 valence electrons. The van der Waals surface area contributed by atoms with Crippen LogP contribution in [0.3, 0.4) is 0 Å². The van der Waals surface area contributed by atoms with Gasteiger partial charge in [0.1, 0.15) is 0 Å². The van der Waals surface area contributed by atoms with Crippen molar-refractivity contribution in [2.75, 3.05) is 37.6 Å². The Balaban J connectivity index is 1.28. The van der Waals surface area contributed by atoms with Crippen molar-refractivity contribution in [1.82, 2.24) is 20.2 Å². The predicted octanol–water partition coefficient (Wildman–Crippen LogP) is 2.95. The molecule has 6 heteroatoms. The highest BCUT2D eigenvalue weighted by atomic mass is 16.2. The third-order valence-corrected chi connectivity index (χ3v) is 5.02. The van der Waals surface area contributed by atoms with Gasteiger partial charge < -0.3 is 20.1 Å². The van der Waals surface area contributed by atoms with Crippen LogP contribution in [0.4, 0.5) is 10.7 Å². The normalized spacial score (nSPS) is 14.6. The van der Waals surface area contributed by atoms with Crippen molar-refractivity contribution in [3.8, 4) is 0 Å². The summed E-state index contributed by atoms with van der Waals surface area (Å²) in [5.41, 5.74) is 4.50. The Hall–Kier alpha value is -3.02. The summed E-state index contributed by atoms with van der Waals surface area (Å²) in [7, 11) is 0. The van der Waals surface area contributed by atoms with Gasteiger partial charge in [0.05, 0.1) is 11.0 Å². The van der Waals surface area contributed by atoms with Crippen LogP contribution < -0.4 is 10.2 Å². The van der Waals surface area contributed by atoms with E-state index in [0.29, 0.717) is 19.6 Å². The Labute approximate surface area is 159 Å². The van der Waals surface area contributed by atoms with Crippen LogP contribution in [0.1, 0.15) is 11.1 Å². The molecule has 2 heterocycles. The second kappa shape index (κ2) is 7.70. The number of fused-ring (bicyclic) bond motifs is 1. The summed E-state index contributed by atoms with van der Waals surface area (Å²) in [5.74, 6) is 0.889. The summed E-state index contributed by atoms with van der Waals surface area (Å²) < 4.78 is 0. The molecule has 0 unspecified atom stereocenters. The van der Waals surface area contributed by atoms with Crippen LogP contribution in [0.15, 0.2) is 48.5 Å². The van der Waals surface area contributed by atoms with E-state index in [9.17, 15) is 4.79 Å². The summed E-state index contributed by atoms with van der Waals surface area (Å²) in [6.45, 7) is 5.71. The zero-order valence-corrected chi connectivity index (χ0v) is 15.6. The van der Waals surface area contributed by atoms with Gasteiger partial charge in [-0.15, -0.1) is 0 Å². The molecule has 1 saturated heterocycles. The number of H-pyrrole nitrogens is 1. The summed E-state index contributed by atoms with van der Waals surface area (Å²) >= 11 is 0. The lowest BCUT2D eigenvalue weighted by Gasteiger charge is -2.34. The maximum absolute atomic E-state index is 12.4. The minimum atomic E-state index is 0.0193. The molecule has 1 aliphatic rings. The first-order valence-corrected chi connectivity index (χ1v) is 9.47. The zero-order chi connectivity index (χ0) is 18.6. The summed E-state index contributed by atoms with van der Waals surface area (Å²) in [4.78, 5) is 24.6. The molecule has 2 amide bonds. The number of imidazole rings is 1. The molecular weight excluding hydrogens is 338 g/mol. The van der Waals surface area contributed by atoms with Crippen LogP contribution in [-0.4, -0.2) is 53.6 Å². The van der Waals surface area contributed by atoms with E-state index in [0.717, 1.165) is 36.5 Å². The van der Waals surface area contributed by atoms with E-state index >= 15 is 0 Å². The van der Waals surface area contributed by atoms with E-state index in [-0.39, 0.29) is 6.03 Å². The van der Waals surface area contributed by atoms with Crippen LogP contribution in [0.25, 0.3) is 11.0 Å². The van der Waals surface area contributed by atoms with Crippen LogP contribution in [-0.2, 0) is 6.42 Å². The lowest BCUT2D eigenvalue weighted by molar-refractivity contribution is 0.194. The van der Waals surface area contributed by atoms with E-state index in [4.69, 9.17) is 0 Å². The van der Waals surface area contributed by atoms with Gasteiger partial charge in [0.25, 0.3) is 0 Å². The second-order valence-electron chi connectivity index (χ2n) is 7.02. The van der Waals surface area contributed by atoms with Gasteiger partial charge in [0, 0.05) is 32.7 Å². The van der Waals surface area contributed by atoms with Crippen molar-refractivity contribution >= 4 is 23.0 Å². The Bertz CT molecular complexity index is 913. The molecular formula is C21H25N5O. The van der Waals surface area contributed by atoms with E-state index < -0.39 is 0 Å². The number of aryl methyl sites for hydroxylation is 1. The van der Waals surface area contributed by atoms with Crippen LogP contribution >= 0.6 is 0 Å². The molecule has 4 rings (SSSR count). The molecule has 1 aliphatic heterocycles. The Kier molecular flexibility index (Phi) is 4.96. The van der Waals surface area contributed by atoms with Gasteiger partial charge in [0.15, 0.2) is 0 Å². The number of aromatic amines is 1. The highest BCUT2D eigenvalue weighted by molar-refractivity contribution is 5.78. The summed E-state index contributed by atoms with van der Waals surface area (Å²) in [6, 6.07) is 16.5. The van der Waals surface area contributed by atoms with E-state index in [1.165, 1.54) is 11.1 Å². The van der Waals surface area contributed by atoms with Crippen molar-refractivity contribution in [1.29, 1.82) is 0 Å². The Morgan fingerprint density at radius 1 is 1.11 bits per heavy atom.